The van der Waals surface area contributed by atoms with E-state index in [1.807, 2.05) is 0 Å². The third-order valence-electron chi connectivity index (χ3n) is 1.39. The number of pyridine rings is 1. The number of hydrogen-bond acceptors (Lipinski definition) is 4. The molecule has 0 bridgehead atoms. The lowest BCUT2D eigenvalue weighted by atomic mass is 10.00. The van der Waals surface area contributed by atoms with Crippen molar-refractivity contribution in [3.8, 4) is 0 Å². The van der Waals surface area contributed by atoms with Crippen molar-refractivity contribution >= 4 is 13.2 Å². The van der Waals surface area contributed by atoms with Crippen LogP contribution in [0, 0.1) is 0 Å². The van der Waals surface area contributed by atoms with E-state index < -0.39 is 5.56 Å². The Bertz CT molecular complexity index is 325. The van der Waals surface area contributed by atoms with Gasteiger partial charge in [-0.15, -0.1) is 4.73 Å². The highest BCUT2D eigenvalue weighted by Gasteiger charge is 2.06. The molecule has 6 heteroatoms. The summed E-state index contributed by atoms with van der Waals surface area (Å²) in [5.41, 5.74) is -0.589. The molecular formula is C6H8BN2O3. The molecule has 1 heterocycles. The number of anilines is 1. The average molecular weight is 167 g/mol. The Balaban J connectivity index is 3.16. The van der Waals surface area contributed by atoms with Gasteiger partial charge in [-0.3, -0.25) is 9.77 Å². The van der Waals surface area contributed by atoms with Crippen LogP contribution in [0.1, 0.15) is 0 Å². The van der Waals surface area contributed by atoms with E-state index in [1.54, 1.807) is 6.82 Å². The second-order valence-corrected chi connectivity index (χ2v) is 2.14. The van der Waals surface area contributed by atoms with Gasteiger partial charge in [-0.05, 0) is 6.07 Å². The van der Waals surface area contributed by atoms with Gasteiger partial charge in [0.1, 0.15) is 0 Å². The Morgan fingerprint density at radius 2 is 2.25 bits per heavy atom. The maximum atomic E-state index is 10.8. The van der Waals surface area contributed by atoms with Gasteiger partial charge < -0.3 is 10.4 Å². The van der Waals surface area contributed by atoms with Gasteiger partial charge in [-0.25, -0.2) is 0 Å². The highest BCUT2D eigenvalue weighted by atomic mass is 16.5. The van der Waals surface area contributed by atoms with Crippen molar-refractivity contribution in [3.05, 3.63) is 28.6 Å². The van der Waals surface area contributed by atoms with E-state index in [9.17, 15) is 4.79 Å². The Kier molecular flexibility index (Phi) is 2.39. The summed E-state index contributed by atoms with van der Waals surface area (Å²) in [7, 11) is 1.31. The van der Waals surface area contributed by atoms with Crippen molar-refractivity contribution in [2.24, 2.45) is 0 Å². The summed E-state index contributed by atoms with van der Waals surface area (Å²) in [6.07, 6.45) is 0. The van der Waals surface area contributed by atoms with Crippen molar-refractivity contribution in [1.29, 1.82) is 0 Å². The summed E-state index contributed by atoms with van der Waals surface area (Å²) in [6.45, 7) is 1.57. The molecule has 0 aliphatic carbocycles. The predicted molar refractivity (Wildman–Crippen MR) is 43.8 cm³/mol. The summed E-state index contributed by atoms with van der Waals surface area (Å²) in [6, 6.07) is 4.03. The van der Waals surface area contributed by atoms with Crippen LogP contribution >= 0.6 is 0 Å². The first-order valence-corrected chi connectivity index (χ1v) is 3.35. The standard InChI is InChI=1S/C6H8BN2O3/c1-7-9(12)5-3-2-4-6(10)8(5)11/h2-4,11-12H,1H3. The maximum Gasteiger partial charge on any atom is 0.284 e. The van der Waals surface area contributed by atoms with Crippen molar-refractivity contribution in [1.82, 2.24) is 4.73 Å². The topological polar surface area (TPSA) is 65.7 Å². The molecular weight excluding hydrogens is 159 g/mol. The van der Waals surface area contributed by atoms with Crippen molar-refractivity contribution in [3.63, 3.8) is 0 Å². The normalized spacial score (nSPS) is 9.50. The van der Waals surface area contributed by atoms with Crippen LogP contribution in [0.5, 0.6) is 0 Å². The van der Waals surface area contributed by atoms with Gasteiger partial charge in [0.2, 0.25) is 0 Å². The molecule has 0 spiro atoms. The first-order chi connectivity index (χ1) is 5.66. The number of hydrogen-bond donors (Lipinski definition) is 2. The monoisotopic (exact) mass is 167 g/mol. The third kappa shape index (κ3) is 1.43. The Morgan fingerprint density at radius 1 is 1.58 bits per heavy atom. The van der Waals surface area contributed by atoms with E-state index in [1.165, 1.54) is 25.6 Å². The van der Waals surface area contributed by atoms with E-state index in [0.29, 0.717) is 9.70 Å². The minimum absolute atomic E-state index is 0.00463. The van der Waals surface area contributed by atoms with Gasteiger partial charge >= 0.3 is 0 Å². The predicted octanol–water partition coefficient (Wildman–Crippen LogP) is -0.0515. The second kappa shape index (κ2) is 3.31. The van der Waals surface area contributed by atoms with Crippen molar-refractivity contribution in [2.75, 3.05) is 4.97 Å². The Morgan fingerprint density at radius 3 is 2.83 bits per heavy atom. The van der Waals surface area contributed by atoms with Crippen LogP contribution in [-0.4, -0.2) is 22.6 Å². The quantitative estimate of drug-likeness (QED) is 0.368. The lowest BCUT2D eigenvalue weighted by molar-refractivity contribution is 0.166. The van der Waals surface area contributed by atoms with E-state index in [2.05, 4.69) is 0 Å². The summed E-state index contributed by atoms with van der Waals surface area (Å²) in [5.74, 6) is 0.00463. The summed E-state index contributed by atoms with van der Waals surface area (Å²) >= 11 is 0. The molecule has 1 radical (unpaired) electrons. The number of nitrogens with zero attached hydrogens (tertiary/aromatic N) is 2. The summed E-state index contributed by atoms with van der Waals surface area (Å²) in [5, 5.41) is 18.2. The zero-order valence-corrected chi connectivity index (χ0v) is 6.51. The molecule has 5 nitrogen and oxygen atoms in total. The van der Waals surface area contributed by atoms with E-state index in [-0.39, 0.29) is 5.82 Å². The molecule has 1 aromatic rings. The first kappa shape index (κ1) is 8.67. The lowest BCUT2D eigenvalue weighted by Gasteiger charge is -2.15. The first-order valence-electron chi connectivity index (χ1n) is 3.35. The number of aromatic nitrogens is 1. The molecule has 63 valence electrons. The van der Waals surface area contributed by atoms with Crippen LogP contribution < -0.4 is 10.5 Å². The zero-order valence-electron chi connectivity index (χ0n) is 6.51. The number of rotatable bonds is 2. The molecule has 0 atom stereocenters. The molecule has 2 N–H and O–H groups in total. The largest absolute Gasteiger partial charge is 0.423 e. The molecule has 1 aromatic heterocycles. The Labute approximate surface area is 69.7 Å². The van der Waals surface area contributed by atoms with Crippen LogP contribution in [-0.2, 0) is 0 Å². The molecule has 0 saturated carbocycles. The van der Waals surface area contributed by atoms with E-state index in [4.69, 9.17) is 10.4 Å². The minimum atomic E-state index is -0.589. The van der Waals surface area contributed by atoms with Crippen LogP contribution in [0.3, 0.4) is 0 Å². The third-order valence-corrected chi connectivity index (χ3v) is 1.39. The van der Waals surface area contributed by atoms with Gasteiger partial charge in [0, 0.05) is 6.07 Å². The second-order valence-electron chi connectivity index (χ2n) is 2.14. The molecule has 0 aliphatic rings. The molecule has 0 aliphatic heterocycles. The zero-order chi connectivity index (χ0) is 9.14. The fourth-order valence-corrected chi connectivity index (χ4v) is 0.776. The fraction of sp³-hybridized carbons (Fsp3) is 0.167. The van der Waals surface area contributed by atoms with Gasteiger partial charge in [-0.1, -0.05) is 12.9 Å². The van der Waals surface area contributed by atoms with Crippen LogP contribution in [0.2, 0.25) is 6.82 Å². The molecule has 12 heavy (non-hydrogen) atoms. The molecule has 0 fully saturated rings. The average Bonchev–Trinajstić information content (AvgIpc) is 2.08. The van der Waals surface area contributed by atoms with Crippen molar-refractivity contribution < 1.29 is 10.4 Å². The molecule has 0 amide bonds. The SMILES string of the molecule is C[B]N(O)c1cccc(=O)n1O. The van der Waals surface area contributed by atoms with Gasteiger partial charge in [0.05, 0.1) is 0 Å². The van der Waals surface area contributed by atoms with E-state index >= 15 is 0 Å². The fourth-order valence-electron chi connectivity index (χ4n) is 0.776. The molecule has 1 rings (SSSR count). The van der Waals surface area contributed by atoms with Crippen molar-refractivity contribution in [2.45, 2.75) is 6.82 Å². The molecule has 0 unspecified atom stereocenters. The minimum Gasteiger partial charge on any atom is -0.423 e. The Hall–Kier alpha value is -1.43. The maximum absolute atomic E-state index is 10.8. The summed E-state index contributed by atoms with van der Waals surface area (Å²) in [4.78, 5) is 11.5. The lowest BCUT2D eigenvalue weighted by Crippen LogP contribution is -2.28. The molecule has 0 aromatic carbocycles. The van der Waals surface area contributed by atoms with Crippen LogP contribution in [0.4, 0.5) is 5.82 Å². The summed E-state index contributed by atoms with van der Waals surface area (Å²) < 4.78 is 0.361. The van der Waals surface area contributed by atoms with E-state index in [0.717, 1.165) is 0 Å². The van der Waals surface area contributed by atoms with Crippen LogP contribution in [0.15, 0.2) is 23.0 Å². The van der Waals surface area contributed by atoms with Crippen LogP contribution in [0.25, 0.3) is 0 Å². The smallest absolute Gasteiger partial charge is 0.284 e. The van der Waals surface area contributed by atoms with Gasteiger partial charge in [-0.2, -0.15) is 0 Å². The highest BCUT2D eigenvalue weighted by molar-refractivity contribution is 6.38. The highest BCUT2D eigenvalue weighted by Crippen LogP contribution is 2.05. The van der Waals surface area contributed by atoms with Gasteiger partial charge in [0.25, 0.3) is 13.0 Å². The van der Waals surface area contributed by atoms with Gasteiger partial charge in [0.15, 0.2) is 5.82 Å². The molecule has 0 saturated heterocycles.